The Morgan fingerprint density at radius 2 is 1.85 bits per heavy atom. The SMILES string of the molecule is CSc1nc(N)nc(-c2ccc(F)c(C(F)(F)F)c2)n1. The van der Waals surface area contributed by atoms with Crippen LogP contribution in [0.5, 0.6) is 0 Å². The Balaban J connectivity index is 2.56. The van der Waals surface area contributed by atoms with Crippen molar-refractivity contribution in [3.63, 3.8) is 0 Å². The Kier molecular flexibility index (Phi) is 3.80. The minimum atomic E-state index is -4.79. The summed E-state index contributed by atoms with van der Waals surface area (Å²) in [4.78, 5) is 11.5. The molecule has 0 aliphatic carbocycles. The van der Waals surface area contributed by atoms with Gasteiger partial charge in [-0.25, -0.2) is 9.37 Å². The second-order valence-corrected chi connectivity index (χ2v) is 4.47. The van der Waals surface area contributed by atoms with Crippen molar-refractivity contribution in [2.75, 3.05) is 12.0 Å². The van der Waals surface area contributed by atoms with E-state index in [9.17, 15) is 17.6 Å². The van der Waals surface area contributed by atoms with E-state index in [0.717, 1.165) is 12.1 Å². The van der Waals surface area contributed by atoms with E-state index in [0.29, 0.717) is 6.07 Å². The van der Waals surface area contributed by atoms with Crippen LogP contribution in [0.2, 0.25) is 0 Å². The van der Waals surface area contributed by atoms with Gasteiger partial charge in [-0.15, -0.1) is 0 Å². The van der Waals surface area contributed by atoms with Gasteiger partial charge in [0.2, 0.25) is 5.95 Å². The van der Waals surface area contributed by atoms with Gasteiger partial charge in [0, 0.05) is 5.56 Å². The van der Waals surface area contributed by atoms with E-state index >= 15 is 0 Å². The summed E-state index contributed by atoms with van der Waals surface area (Å²) < 4.78 is 51.1. The number of anilines is 1. The van der Waals surface area contributed by atoms with Crippen LogP contribution in [-0.4, -0.2) is 21.2 Å². The summed E-state index contributed by atoms with van der Waals surface area (Å²) in [6.45, 7) is 0. The van der Waals surface area contributed by atoms with E-state index in [1.54, 1.807) is 6.26 Å². The molecule has 1 heterocycles. The van der Waals surface area contributed by atoms with Gasteiger partial charge in [0.1, 0.15) is 5.82 Å². The quantitative estimate of drug-likeness (QED) is 0.682. The van der Waals surface area contributed by atoms with Crippen molar-refractivity contribution in [3.8, 4) is 11.4 Å². The number of nitrogen functional groups attached to an aromatic ring is 1. The fourth-order valence-electron chi connectivity index (χ4n) is 1.47. The van der Waals surface area contributed by atoms with Gasteiger partial charge in [-0.3, -0.25) is 0 Å². The van der Waals surface area contributed by atoms with Crippen LogP contribution in [0.1, 0.15) is 5.56 Å². The van der Waals surface area contributed by atoms with Crippen molar-refractivity contribution in [2.45, 2.75) is 11.3 Å². The topological polar surface area (TPSA) is 64.7 Å². The molecule has 0 saturated carbocycles. The number of hydrogen-bond acceptors (Lipinski definition) is 5. The zero-order valence-electron chi connectivity index (χ0n) is 10.1. The Hall–Kier alpha value is -1.90. The Bertz CT molecular complexity index is 645. The molecule has 0 spiro atoms. The molecule has 9 heteroatoms. The summed E-state index contributed by atoms with van der Waals surface area (Å²) in [5.74, 6) is -1.50. The molecule has 1 aromatic carbocycles. The number of aromatic nitrogens is 3. The lowest BCUT2D eigenvalue weighted by atomic mass is 10.1. The Morgan fingerprint density at radius 1 is 1.15 bits per heavy atom. The summed E-state index contributed by atoms with van der Waals surface area (Å²) in [6.07, 6.45) is -3.11. The summed E-state index contributed by atoms with van der Waals surface area (Å²) in [7, 11) is 0. The molecule has 106 valence electrons. The number of halogens is 4. The minimum Gasteiger partial charge on any atom is -0.368 e. The van der Waals surface area contributed by atoms with Crippen LogP contribution >= 0.6 is 11.8 Å². The van der Waals surface area contributed by atoms with E-state index in [1.807, 2.05) is 0 Å². The smallest absolute Gasteiger partial charge is 0.368 e. The molecule has 1 aromatic heterocycles. The van der Waals surface area contributed by atoms with E-state index in [-0.39, 0.29) is 22.5 Å². The molecule has 0 aliphatic rings. The molecule has 4 nitrogen and oxygen atoms in total. The third-order valence-corrected chi connectivity index (χ3v) is 2.89. The van der Waals surface area contributed by atoms with Gasteiger partial charge in [-0.2, -0.15) is 23.1 Å². The summed E-state index contributed by atoms with van der Waals surface area (Å²) in [5, 5.41) is 0.269. The average molecular weight is 304 g/mol. The predicted octanol–water partition coefficient (Wildman–Crippen LogP) is 3.00. The van der Waals surface area contributed by atoms with Crippen LogP contribution in [0.25, 0.3) is 11.4 Å². The second-order valence-electron chi connectivity index (χ2n) is 3.70. The molecule has 20 heavy (non-hydrogen) atoms. The summed E-state index contributed by atoms with van der Waals surface area (Å²) >= 11 is 1.17. The molecule has 2 N–H and O–H groups in total. The maximum Gasteiger partial charge on any atom is 0.419 e. The number of rotatable bonds is 2. The average Bonchev–Trinajstić information content (AvgIpc) is 2.37. The second kappa shape index (κ2) is 5.23. The standard InChI is InChI=1S/C11H8F4N4S/c1-20-10-18-8(17-9(16)19-10)5-2-3-7(12)6(4-5)11(13,14)15/h2-4H,1H3,(H2,16,17,18,19). The van der Waals surface area contributed by atoms with Crippen molar-refractivity contribution in [1.82, 2.24) is 15.0 Å². The van der Waals surface area contributed by atoms with Gasteiger partial charge in [0.25, 0.3) is 0 Å². The van der Waals surface area contributed by atoms with Crippen LogP contribution in [0, 0.1) is 5.82 Å². The Labute approximate surface area is 115 Å². The number of thioether (sulfide) groups is 1. The first-order chi connectivity index (χ1) is 9.31. The van der Waals surface area contributed by atoms with E-state index in [4.69, 9.17) is 5.73 Å². The zero-order valence-corrected chi connectivity index (χ0v) is 10.9. The number of benzene rings is 1. The molecule has 0 unspecified atom stereocenters. The molecule has 0 bridgehead atoms. The molecule has 0 saturated heterocycles. The molecule has 0 amide bonds. The zero-order chi connectivity index (χ0) is 14.9. The number of hydrogen-bond donors (Lipinski definition) is 1. The van der Waals surface area contributed by atoms with Gasteiger partial charge in [-0.1, -0.05) is 11.8 Å². The van der Waals surface area contributed by atoms with Gasteiger partial charge in [0.05, 0.1) is 5.56 Å². The number of alkyl halides is 3. The highest BCUT2D eigenvalue weighted by atomic mass is 32.2. The Morgan fingerprint density at radius 3 is 2.45 bits per heavy atom. The highest BCUT2D eigenvalue weighted by molar-refractivity contribution is 7.98. The van der Waals surface area contributed by atoms with Crippen LogP contribution in [-0.2, 0) is 6.18 Å². The van der Waals surface area contributed by atoms with Crippen molar-refractivity contribution >= 4 is 17.7 Å². The largest absolute Gasteiger partial charge is 0.419 e. The first-order valence-corrected chi connectivity index (χ1v) is 6.46. The fraction of sp³-hybridized carbons (Fsp3) is 0.182. The normalized spacial score (nSPS) is 11.7. The van der Waals surface area contributed by atoms with E-state index in [1.165, 1.54) is 11.8 Å². The molecular weight excluding hydrogens is 296 g/mol. The first-order valence-electron chi connectivity index (χ1n) is 5.24. The molecule has 0 fully saturated rings. The minimum absolute atomic E-state index is 0.0168. The fourth-order valence-corrected chi connectivity index (χ4v) is 1.84. The lowest BCUT2D eigenvalue weighted by molar-refractivity contribution is -0.139. The van der Waals surface area contributed by atoms with Crippen LogP contribution < -0.4 is 5.73 Å². The van der Waals surface area contributed by atoms with Gasteiger partial charge >= 0.3 is 6.18 Å². The van der Waals surface area contributed by atoms with Gasteiger partial charge < -0.3 is 5.73 Å². The number of nitrogens with zero attached hydrogens (tertiary/aromatic N) is 3. The maximum atomic E-state index is 13.2. The van der Waals surface area contributed by atoms with Crippen LogP contribution in [0.15, 0.2) is 23.4 Å². The summed E-state index contributed by atoms with van der Waals surface area (Å²) in [6, 6.07) is 2.52. The third kappa shape index (κ3) is 2.98. The predicted molar refractivity (Wildman–Crippen MR) is 66.4 cm³/mol. The van der Waals surface area contributed by atoms with Crippen molar-refractivity contribution in [1.29, 1.82) is 0 Å². The molecule has 0 atom stereocenters. The molecular formula is C11H8F4N4S. The van der Waals surface area contributed by atoms with Gasteiger partial charge in [0.15, 0.2) is 11.0 Å². The monoisotopic (exact) mass is 304 g/mol. The lowest BCUT2D eigenvalue weighted by Gasteiger charge is -2.10. The maximum absolute atomic E-state index is 13.2. The van der Waals surface area contributed by atoms with Crippen molar-refractivity contribution < 1.29 is 17.6 Å². The molecule has 0 aliphatic heterocycles. The van der Waals surface area contributed by atoms with Crippen molar-refractivity contribution in [2.24, 2.45) is 0 Å². The first kappa shape index (κ1) is 14.5. The highest BCUT2D eigenvalue weighted by Gasteiger charge is 2.34. The van der Waals surface area contributed by atoms with Gasteiger partial charge in [-0.05, 0) is 24.5 Å². The molecule has 2 rings (SSSR count). The third-order valence-electron chi connectivity index (χ3n) is 2.34. The van der Waals surface area contributed by atoms with E-state index < -0.39 is 17.6 Å². The van der Waals surface area contributed by atoms with Crippen LogP contribution in [0.3, 0.4) is 0 Å². The summed E-state index contributed by atoms with van der Waals surface area (Å²) in [5.41, 5.74) is 4.10. The molecule has 0 radical (unpaired) electrons. The highest BCUT2D eigenvalue weighted by Crippen LogP contribution is 2.33. The molecule has 2 aromatic rings. The number of nitrogens with two attached hydrogens (primary N) is 1. The van der Waals surface area contributed by atoms with E-state index in [2.05, 4.69) is 15.0 Å². The lowest BCUT2D eigenvalue weighted by Crippen LogP contribution is -2.09. The van der Waals surface area contributed by atoms with Crippen LogP contribution in [0.4, 0.5) is 23.5 Å². The van der Waals surface area contributed by atoms with Crippen molar-refractivity contribution in [3.05, 3.63) is 29.6 Å².